The molecule has 0 aromatic rings. The van der Waals surface area contributed by atoms with Crippen molar-refractivity contribution >= 4 is 0 Å². The Kier molecular flexibility index (Phi) is 2.23. The van der Waals surface area contributed by atoms with Gasteiger partial charge in [0.05, 0.1) is 12.7 Å². The van der Waals surface area contributed by atoms with Crippen molar-refractivity contribution in [1.29, 1.82) is 0 Å². The molecule has 0 bridgehead atoms. The highest BCUT2D eigenvalue weighted by Gasteiger charge is 2.40. The minimum absolute atomic E-state index is 0.327. The van der Waals surface area contributed by atoms with E-state index in [1.807, 2.05) is 0 Å². The van der Waals surface area contributed by atoms with Crippen molar-refractivity contribution in [2.45, 2.75) is 31.4 Å². The summed E-state index contributed by atoms with van der Waals surface area (Å²) in [7, 11) is 0. The van der Waals surface area contributed by atoms with Crippen molar-refractivity contribution in [2.24, 2.45) is 0 Å². The highest BCUT2D eigenvalue weighted by atomic mass is 19.1. The summed E-state index contributed by atoms with van der Waals surface area (Å²) in [6.45, 7) is 1.20. The molecule has 1 heterocycles. The number of rotatable bonds is 1. The van der Waals surface area contributed by atoms with Gasteiger partial charge in [0.25, 0.3) is 0 Å². The van der Waals surface area contributed by atoms with Crippen LogP contribution in [-0.2, 0) is 4.74 Å². The Morgan fingerprint density at radius 3 is 2.40 bits per heavy atom. The van der Waals surface area contributed by atoms with Crippen LogP contribution >= 0.6 is 0 Å². The summed E-state index contributed by atoms with van der Waals surface area (Å²) in [6.07, 6.45) is -3.88. The third-order valence-electron chi connectivity index (χ3n) is 1.73. The molecule has 2 N–H and O–H groups in total. The molecule has 0 radical (unpaired) electrons. The first kappa shape index (κ1) is 7.91. The predicted octanol–water partition coefficient (Wildman–Crippen LogP) is -0.535. The number of halogens is 1. The smallest absolute Gasteiger partial charge is 0.154 e. The summed E-state index contributed by atoms with van der Waals surface area (Å²) in [5.41, 5.74) is 0. The lowest BCUT2D eigenvalue weighted by Crippen LogP contribution is -2.30. The van der Waals surface area contributed by atoms with E-state index in [2.05, 4.69) is 0 Å². The summed E-state index contributed by atoms with van der Waals surface area (Å²) >= 11 is 0. The lowest BCUT2D eigenvalue weighted by Gasteiger charge is -2.09. The van der Waals surface area contributed by atoms with Gasteiger partial charge in [-0.1, -0.05) is 0 Å². The van der Waals surface area contributed by atoms with Crippen LogP contribution in [0.5, 0.6) is 0 Å². The second kappa shape index (κ2) is 2.82. The van der Waals surface area contributed by atoms with Gasteiger partial charge >= 0.3 is 0 Å². The fraction of sp³-hybridized carbons (Fsp3) is 1.00. The van der Waals surface area contributed by atoms with E-state index in [9.17, 15) is 4.39 Å². The summed E-state index contributed by atoms with van der Waals surface area (Å²) in [4.78, 5) is 0. The van der Waals surface area contributed by atoms with Gasteiger partial charge in [0.15, 0.2) is 6.17 Å². The molecular weight excluding hydrogens is 139 g/mol. The molecule has 0 aliphatic carbocycles. The molecule has 0 saturated carbocycles. The molecule has 4 heteroatoms. The van der Waals surface area contributed by atoms with Crippen LogP contribution in [0.15, 0.2) is 0 Å². The Morgan fingerprint density at radius 1 is 1.60 bits per heavy atom. The lowest BCUT2D eigenvalue weighted by atomic mass is 10.1. The van der Waals surface area contributed by atoms with Crippen molar-refractivity contribution in [3.05, 3.63) is 0 Å². The summed E-state index contributed by atoms with van der Waals surface area (Å²) < 4.78 is 17.5. The number of aliphatic hydroxyl groups is 2. The summed E-state index contributed by atoms with van der Waals surface area (Å²) in [5, 5.41) is 17.5. The molecule has 0 aromatic heterocycles. The van der Waals surface area contributed by atoms with Gasteiger partial charge in [-0.25, -0.2) is 4.39 Å². The Morgan fingerprint density at radius 2 is 2.20 bits per heavy atom. The Bertz CT molecular complexity index is 120. The fourth-order valence-electron chi connectivity index (χ4n) is 1.07. The zero-order valence-corrected chi connectivity index (χ0v) is 5.70. The van der Waals surface area contributed by atoms with E-state index >= 15 is 0 Å². The average molecular weight is 150 g/mol. The van der Waals surface area contributed by atoms with E-state index in [1.54, 1.807) is 0 Å². The SMILES string of the molecule is CC1OC(CO)[C@@H](O)[C@H]1F. The standard InChI is InChI=1S/C6H11FO3/c1-3-5(7)6(9)4(2-8)10-3/h3-6,8-9H,2H2,1H3/t3?,4?,5-,6+/m0/s1. The Hall–Kier alpha value is -0.190. The van der Waals surface area contributed by atoms with Crippen LogP contribution in [0, 0.1) is 0 Å². The first-order valence-corrected chi connectivity index (χ1v) is 3.25. The van der Waals surface area contributed by atoms with Gasteiger partial charge in [-0.3, -0.25) is 0 Å². The first-order valence-electron chi connectivity index (χ1n) is 3.25. The zero-order valence-electron chi connectivity index (χ0n) is 5.70. The number of aliphatic hydroxyl groups excluding tert-OH is 2. The van der Waals surface area contributed by atoms with Crippen LogP contribution in [0.4, 0.5) is 4.39 Å². The predicted molar refractivity (Wildman–Crippen MR) is 32.3 cm³/mol. The fourth-order valence-corrected chi connectivity index (χ4v) is 1.07. The van der Waals surface area contributed by atoms with E-state index in [1.165, 1.54) is 6.92 Å². The quantitative estimate of drug-likeness (QED) is 0.528. The van der Waals surface area contributed by atoms with Crippen LogP contribution < -0.4 is 0 Å². The van der Waals surface area contributed by atoms with E-state index in [0.717, 1.165) is 0 Å². The van der Waals surface area contributed by atoms with Crippen LogP contribution in [0.3, 0.4) is 0 Å². The molecule has 3 nitrogen and oxygen atoms in total. The molecule has 2 unspecified atom stereocenters. The normalized spacial score (nSPS) is 48.0. The van der Waals surface area contributed by atoms with Gasteiger partial charge in [-0.15, -0.1) is 0 Å². The molecule has 0 aromatic carbocycles. The monoisotopic (exact) mass is 150 g/mol. The topological polar surface area (TPSA) is 49.7 Å². The average Bonchev–Trinajstić information content (AvgIpc) is 2.17. The van der Waals surface area contributed by atoms with Crippen molar-refractivity contribution in [2.75, 3.05) is 6.61 Å². The van der Waals surface area contributed by atoms with Crippen molar-refractivity contribution in [1.82, 2.24) is 0 Å². The van der Waals surface area contributed by atoms with Crippen LogP contribution in [0.2, 0.25) is 0 Å². The molecule has 1 fully saturated rings. The molecule has 0 amide bonds. The maximum atomic E-state index is 12.7. The molecule has 1 rings (SSSR count). The van der Waals surface area contributed by atoms with Crippen molar-refractivity contribution in [3.8, 4) is 0 Å². The first-order chi connectivity index (χ1) is 4.66. The summed E-state index contributed by atoms with van der Waals surface area (Å²) in [6, 6.07) is 0. The maximum absolute atomic E-state index is 12.7. The van der Waals surface area contributed by atoms with Gasteiger partial charge in [0.2, 0.25) is 0 Å². The summed E-state index contributed by atoms with van der Waals surface area (Å²) in [5.74, 6) is 0. The Balaban J connectivity index is 2.53. The van der Waals surface area contributed by atoms with Gasteiger partial charge in [-0.2, -0.15) is 0 Å². The second-order valence-corrected chi connectivity index (χ2v) is 2.50. The molecule has 1 aliphatic heterocycles. The van der Waals surface area contributed by atoms with E-state index in [-0.39, 0.29) is 6.61 Å². The van der Waals surface area contributed by atoms with Crippen LogP contribution in [-0.4, -0.2) is 41.3 Å². The minimum Gasteiger partial charge on any atom is -0.394 e. The molecule has 1 saturated heterocycles. The number of alkyl halides is 1. The van der Waals surface area contributed by atoms with E-state index in [4.69, 9.17) is 14.9 Å². The molecule has 10 heavy (non-hydrogen) atoms. The molecule has 60 valence electrons. The van der Waals surface area contributed by atoms with Gasteiger partial charge in [0.1, 0.15) is 12.2 Å². The van der Waals surface area contributed by atoms with E-state index in [0.29, 0.717) is 0 Å². The van der Waals surface area contributed by atoms with Gasteiger partial charge in [0, 0.05) is 0 Å². The van der Waals surface area contributed by atoms with E-state index < -0.39 is 24.5 Å². The zero-order chi connectivity index (χ0) is 7.72. The second-order valence-electron chi connectivity index (χ2n) is 2.50. The minimum atomic E-state index is -1.36. The van der Waals surface area contributed by atoms with Crippen molar-refractivity contribution in [3.63, 3.8) is 0 Å². The molecule has 1 aliphatic rings. The van der Waals surface area contributed by atoms with Crippen LogP contribution in [0.25, 0.3) is 0 Å². The van der Waals surface area contributed by atoms with Crippen LogP contribution in [0.1, 0.15) is 6.92 Å². The maximum Gasteiger partial charge on any atom is 0.154 e. The van der Waals surface area contributed by atoms with Gasteiger partial charge in [-0.05, 0) is 6.92 Å². The number of hydrogen-bond acceptors (Lipinski definition) is 3. The third-order valence-corrected chi connectivity index (χ3v) is 1.73. The number of ether oxygens (including phenoxy) is 1. The molecule has 4 atom stereocenters. The lowest BCUT2D eigenvalue weighted by molar-refractivity contribution is -0.0171. The van der Waals surface area contributed by atoms with Gasteiger partial charge < -0.3 is 14.9 Å². The largest absolute Gasteiger partial charge is 0.394 e. The molecular formula is C6H11FO3. The Labute approximate surface area is 58.4 Å². The highest BCUT2D eigenvalue weighted by Crippen LogP contribution is 2.22. The third kappa shape index (κ3) is 1.14. The van der Waals surface area contributed by atoms with Crippen molar-refractivity contribution < 1.29 is 19.3 Å². The number of hydrogen-bond donors (Lipinski definition) is 2. The highest BCUT2D eigenvalue weighted by molar-refractivity contribution is 4.88. The molecule has 0 spiro atoms.